The molecule has 0 spiro atoms. The topological polar surface area (TPSA) is 46.5 Å². The fraction of sp³-hybridized carbons (Fsp3) is 0.400. The molecule has 3 nitrogen and oxygen atoms in total. The number of benzene rings is 1. The van der Waals surface area contributed by atoms with Crippen LogP contribution in [0.2, 0.25) is 0 Å². The Morgan fingerprint density at radius 3 is 2.72 bits per heavy atom. The zero-order chi connectivity index (χ0) is 13.8. The lowest BCUT2D eigenvalue weighted by molar-refractivity contribution is -0.149. The van der Waals surface area contributed by atoms with Crippen molar-refractivity contribution in [1.82, 2.24) is 0 Å². The van der Waals surface area contributed by atoms with E-state index >= 15 is 0 Å². The van der Waals surface area contributed by atoms with Crippen molar-refractivity contribution < 1.29 is 14.6 Å². The third-order valence-corrected chi connectivity index (χ3v) is 3.00. The van der Waals surface area contributed by atoms with E-state index in [1.807, 2.05) is 32.0 Å². The zero-order valence-electron chi connectivity index (χ0n) is 11.2. The van der Waals surface area contributed by atoms with Crippen LogP contribution in [0.1, 0.15) is 24.5 Å². The van der Waals surface area contributed by atoms with Gasteiger partial charge in [0.05, 0.1) is 0 Å². The van der Waals surface area contributed by atoms with Crippen molar-refractivity contribution in [2.45, 2.75) is 27.2 Å². The molecule has 0 saturated carbocycles. The number of carboxylic acids is 1. The van der Waals surface area contributed by atoms with Gasteiger partial charge in [0, 0.05) is 0 Å². The summed E-state index contributed by atoms with van der Waals surface area (Å²) in [6, 6.07) is 5.89. The number of aliphatic carboxylic acids is 1. The van der Waals surface area contributed by atoms with Crippen LogP contribution < -0.4 is 4.74 Å². The normalized spacial score (nSPS) is 13.7. The summed E-state index contributed by atoms with van der Waals surface area (Å²) in [5, 5.41) is 9.24. The number of carboxylic acid groups (broad SMARTS) is 1. The van der Waals surface area contributed by atoms with Gasteiger partial charge in [0.1, 0.15) is 17.8 Å². The van der Waals surface area contributed by atoms with Crippen molar-refractivity contribution in [2.24, 2.45) is 5.41 Å². The van der Waals surface area contributed by atoms with Crippen LogP contribution in [0.15, 0.2) is 30.9 Å². The van der Waals surface area contributed by atoms with Gasteiger partial charge in [-0.05, 0) is 44.4 Å². The van der Waals surface area contributed by atoms with Crippen LogP contribution >= 0.6 is 0 Å². The van der Waals surface area contributed by atoms with Crippen molar-refractivity contribution >= 4 is 5.97 Å². The molecule has 0 saturated heterocycles. The highest BCUT2D eigenvalue weighted by Gasteiger charge is 2.33. The summed E-state index contributed by atoms with van der Waals surface area (Å²) in [5.74, 6) is -0.126. The van der Waals surface area contributed by atoms with E-state index in [1.165, 1.54) is 0 Å². The third kappa shape index (κ3) is 3.36. The average Bonchev–Trinajstić information content (AvgIpc) is 2.30. The first-order valence-electron chi connectivity index (χ1n) is 5.93. The number of allylic oxidation sites excluding steroid dienone is 1. The van der Waals surface area contributed by atoms with Crippen molar-refractivity contribution in [3.8, 4) is 5.75 Å². The van der Waals surface area contributed by atoms with Crippen LogP contribution in [0, 0.1) is 19.3 Å². The highest BCUT2D eigenvalue weighted by Crippen LogP contribution is 2.26. The standard InChI is InChI=1S/C15H20O3/c1-5-8-15(4,14(16)17)10-18-13-9-11(2)6-7-12(13)3/h5-7,9H,1,8,10H2,2-4H3,(H,16,17). The summed E-state index contributed by atoms with van der Waals surface area (Å²) in [6.07, 6.45) is 1.99. The molecule has 1 unspecified atom stereocenters. The molecule has 1 rings (SSSR count). The minimum atomic E-state index is -0.933. The fourth-order valence-electron chi connectivity index (χ4n) is 1.63. The molecule has 0 aliphatic heterocycles. The SMILES string of the molecule is C=CCC(C)(COc1cc(C)ccc1C)C(=O)O. The molecule has 0 heterocycles. The largest absolute Gasteiger partial charge is 0.492 e. The predicted octanol–water partition coefficient (Wildman–Crippen LogP) is 3.35. The van der Waals surface area contributed by atoms with E-state index in [0.717, 1.165) is 16.9 Å². The molecule has 0 radical (unpaired) electrons. The smallest absolute Gasteiger partial charge is 0.313 e. The molecular weight excluding hydrogens is 228 g/mol. The van der Waals surface area contributed by atoms with Crippen molar-refractivity contribution in [2.75, 3.05) is 6.61 Å². The first-order valence-corrected chi connectivity index (χ1v) is 5.93. The predicted molar refractivity (Wildman–Crippen MR) is 72.0 cm³/mol. The van der Waals surface area contributed by atoms with E-state index in [2.05, 4.69) is 6.58 Å². The van der Waals surface area contributed by atoms with Gasteiger partial charge in [-0.1, -0.05) is 18.2 Å². The molecule has 0 aliphatic rings. The number of rotatable bonds is 6. The van der Waals surface area contributed by atoms with Gasteiger partial charge >= 0.3 is 5.97 Å². The van der Waals surface area contributed by atoms with Crippen molar-refractivity contribution in [1.29, 1.82) is 0 Å². The van der Waals surface area contributed by atoms with Crippen LogP contribution in [-0.2, 0) is 4.79 Å². The molecule has 0 amide bonds. The fourth-order valence-corrected chi connectivity index (χ4v) is 1.63. The third-order valence-electron chi connectivity index (χ3n) is 3.00. The van der Waals surface area contributed by atoms with Gasteiger partial charge in [0.15, 0.2) is 0 Å². The maximum atomic E-state index is 11.3. The Bertz CT molecular complexity index is 451. The molecule has 1 aromatic rings. The molecule has 1 atom stereocenters. The second-order valence-corrected chi connectivity index (χ2v) is 4.92. The summed E-state index contributed by atoms with van der Waals surface area (Å²) >= 11 is 0. The molecule has 18 heavy (non-hydrogen) atoms. The van der Waals surface area contributed by atoms with Crippen LogP contribution in [0.3, 0.4) is 0 Å². The van der Waals surface area contributed by atoms with Crippen LogP contribution in [0.25, 0.3) is 0 Å². The minimum absolute atomic E-state index is 0.138. The Morgan fingerprint density at radius 2 is 2.17 bits per heavy atom. The Labute approximate surface area is 108 Å². The Kier molecular flexibility index (Phi) is 4.54. The van der Waals surface area contributed by atoms with Gasteiger partial charge in [-0.15, -0.1) is 6.58 Å². The minimum Gasteiger partial charge on any atom is -0.492 e. The molecule has 0 bridgehead atoms. The second-order valence-electron chi connectivity index (χ2n) is 4.92. The summed E-state index contributed by atoms with van der Waals surface area (Å²) in [5.41, 5.74) is 1.17. The number of aryl methyl sites for hydroxylation is 2. The van der Waals surface area contributed by atoms with Crippen molar-refractivity contribution in [3.63, 3.8) is 0 Å². The molecule has 0 aliphatic carbocycles. The average molecular weight is 248 g/mol. The van der Waals surface area contributed by atoms with Crippen molar-refractivity contribution in [3.05, 3.63) is 42.0 Å². The number of hydrogen-bond donors (Lipinski definition) is 1. The van der Waals surface area contributed by atoms with Crippen LogP contribution in [0.5, 0.6) is 5.75 Å². The van der Waals surface area contributed by atoms with E-state index in [4.69, 9.17) is 4.74 Å². The lowest BCUT2D eigenvalue weighted by Crippen LogP contribution is -2.33. The maximum Gasteiger partial charge on any atom is 0.313 e. The zero-order valence-corrected chi connectivity index (χ0v) is 11.2. The van der Waals surface area contributed by atoms with E-state index < -0.39 is 11.4 Å². The molecular formula is C15H20O3. The first kappa shape index (κ1) is 14.3. The lowest BCUT2D eigenvalue weighted by atomic mass is 9.88. The Morgan fingerprint density at radius 1 is 1.50 bits per heavy atom. The summed E-state index contributed by atoms with van der Waals surface area (Å²) in [6.45, 7) is 9.33. The number of carbonyl (C=O) groups is 1. The quantitative estimate of drug-likeness (QED) is 0.785. The first-order chi connectivity index (χ1) is 8.39. The summed E-state index contributed by atoms with van der Waals surface area (Å²) in [7, 11) is 0. The Balaban J connectivity index is 2.82. The van der Waals surface area contributed by atoms with E-state index in [9.17, 15) is 9.90 Å². The maximum absolute atomic E-state index is 11.3. The van der Waals surface area contributed by atoms with E-state index in [-0.39, 0.29) is 6.61 Å². The highest BCUT2D eigenvalue weighted by atomic mass is 16.5. The summed E-state index contributed by atoms with van der Waals surface area (Å²) in [4.78, 5) is 11.3. The molecule has 98 valence electrons. The van der Waals surface area contributed by atoms with Gasteiger partial charge < -0.3 is 9.84 Å². The molecule has 0 fully saturated rings. The van der Waals surface area contributed by atoms with Gasteiger partial charge in [0.2, 0.25) is 0 Å². The Hall–Kier alpha value is -1.77. The monoisotopic (exact) mass is 248 g/mol. The van der Waals surface area contributed by atoms with Crippen LogP contribution in [-0.4, -0.2) is 17.7 Å². The molecule has 3 heteroatoms. The van der Waals surface area contributed by atoms with Gasteiger partial charge in [-0.3, -0.25) is 4.79 Å². The number of ether oxygens (including phenoxy) is 1. The van der Waals surface area contributed by atoms with Gasteiger partial charge in [-0.25, -0.2) is 0 Å². The molecule has 1 aromatic carbocycles. The van der Waals surface area contributed by atoms with Gasteiger partial charge in [0.25, 0.3) is 0 Å². The highest BCUT2D eigenvalue weighted by molar-refractivity contribution is 5.74. The lowest BCUT2D eigenvalue weighted by Gasteiger charge is -2.24. The van der Waals surface area contributed by atoms with Gasteiger partial charge in [-0.2, -0.15) is 0 Å². The molecule has 1 N–H and O–H groups in total. The van der Waals surface area contributed by atoms with E-state index in [0.29, 0.717) is 6.42 Å². The van der Waals surface area contributed by atoms with Crippen LogP contribution in [0.4, 0.5) is 0 Å². The second kappa shape index (κ2) is 5.71. The summed E-state index contributed by atoms with van der Waals surface area (Å²) < 4.78 is 5.67. The number of hydrogen-bond acceptors (Lipinski definition) is 2. The van der Waals surface area contributed by atoms with E-state index in [1.54, 1.807) is 13.0 Å². The molecule has 0 aromatic heterocycles.